The molecule has 0 aliphatic heterocycles. The van der Waals surface area contributed by atoms with E-state index >= 15 is 0 Å². The van der Waals surface area contributed by atoms with Crippen LogP contribution in [0.25, 0.3) is 0 Å². The summed E-state index contributed by atoms with van der Waals surface area (Å²) in [6, 6.07) is 5.12. The van der Waals surface area contributed by atoms with Crippen molar-refractivity contribution < 1.29 is 0 Å². The Kier molecular flexibility index (Phi) is 4.84. The predicted octanol–water partition coefficient (Wildman–Crippen LogP) is 4.30. The number of hydrogen-bond donors (Lipinski definition) is 0. The molecule has 2 nitrogen and oxygen atoms in total. The van der Waals surface area contributed by atoms with Crippen molar-refractivity contribution in [2.45, 2.75) is 58.9 Å². The average Bonchev–Trinajstić information content (AvgIpc) is 2.39. The van der Waals surface area contributed by atoms with Gasteiger partial charge in [-0.15, -0.1) is 0 Å². The monoisotopic (exact) mass is 260 g/mol. The fraction of sp³-hybridized carbons (Fsp3) is 0.706. The standard InChI is InChI=1S/C17H28N2/c1-13(2)11-15-9-10-16(12-18-15)19(4)17-8-6-5-7-14(17)3/h9-10,12-14,17H,5-8,11H2,1-4H3/t14-,17-/m1/s1. The van der Waals surface area contributed by atoms with Crippen LogP contribution in [-0.2, 0) is 6.42 Å². The maximum absolute atomic E-state index is 4.62. The van der Waals surface area contributed by atoms with Crippen molar-refractivity contribution in [1.82, 2.24) is 4.98 Å². The maximum atomic E-state index is 4.62. The van der Waals surface area contributed by atoms with Gasteiger partial charge in [-0.2, -0.15) is 0 Å². The summed E-state index contributed by atoms with van der Waals surface area (Å²) in [5.41, 5.74) is 2.48. The lowest BCUT2D eigenvalue weighted by atomic mass is 9.85. The van der Waals surface area contributed by atoms with Crippen molar-refractivity contribution >= 4 is 5.69 Å². The third-order valence-electron chi connectivity index (χ3n) is 4.40. The fourth-order valence-electron chi connectivity index (χ4n) is 3.23. The van der Waals surface area contributed by atoms with Crippen molar-refractivity contribution in [3.05, 3.63) is 24.0 Å². The molecule has 1 saturated carbocycles. The Morgan fingerprint density at radius 2 is 2.00 bits per heavy atom. The molecule has 2 atom stereocenters. The molecular formula is C17H28N2. The molecule has 0 bridgehead atoms. The quantitative estimate of drug-likeness (QED) is 0.802. The number of hydrogen-bond acceptors (Lipinski definition) is 2. The van der Waals surface area contributed by atoms with E-state index in [0.717, 1.165) is 12.3 Å². The van der Waals surface area contributed by atoms with E-state index in [-0.39, 0.29) is 0 Å². The predicted molar refractivity (Wildman–Crippen MR) is 82.6 cm³/mol. The molecule has 106 valence electrons. The lowest BCUT2D eigenvalue weighted by Gasteiger charge is -2.37. The Hall–Kier alpha value is -1.05. The van der Waals surface area contributed by atoms with Crippen molar-refractivity contribution in [3.8, 4) is 0 Å². The second-order valence-corrected chi connectivity index (χ2v) is 6.55. The highest BCUT2D eigenvalue weighted by Crippen LogP contribution is 2.30. The van der Waals surface area contributed by atoms with Crippen LogP contribution in [-0.4, -0.2) is 18.1 Å². The van der Waals surface area contributed by atoms with Crippen LogP contribution in [0, 0.1) is 11.8 Å². The van der Waals surface area contributed by atoms with Gasteiger partial charge in [-0.3, -0.25) is 4.98 Å². The molecule has 0 radical (unpaired) electrons. The fourth-order valence-corrected chi connectivity index (χ4v) is 3.23. The third-order valence-corrected chi connectivity index (χ3v) is 4.40. The molecule has 0 unspecified atom stereocenters. The van der Waals surface area contributed by atoms with E-state index in [1.807, 2.05) is 0 Å². The Labute approximate surface area is 118 Å². The van der Waals surface area contributed by atoms with Crippen LogP contribution in [0.5, 0.6) is 0 Å². The SMILES string of the molecule is CC(C)Cc1ccc(N(C)[C@@H]2CCCC[C@H]2C)cn1. The summed E-state index contributed by atoms with van der Waals surface area (Å²) in [6.07, 6.45) is 8.59. The zero-order valence-electron chi connectivity index (χ0n) is 12.9. The molecule has 0 amide bonds. The molecule has 0 N–H and O–H groups in total. The first-order chi connectivity index (χ1) is 9.08. The van der Waals surface area contributed by atoms with Gasteiger partial charge in [0.1, 0.15) is 0 Å². The molecule has 0 spiro atoms. The van der Waals surface area contributed by atoms with Gasteiger partial charge in [0, 0.05) is 18.8 Å². The molecule has 2 rings (SSSR count). The Balaban J connectivity index is 2.04. The second-order valence-electron chi connectivity index (χ2n) is 6.55. The zero-order chi connectivity index (χ0) is 13.8. The molecule has 1 aromatic rings. The molecule has 0 aromatic carbocycles. The van der Waals surface area contributed by atoms with E-state index in [1.54, 1.807) is 0 Å². The molecule has 1 aliphatic rings. The van der Waals surface area contributed by atoms with E-state index < -0.39 is 0 Å². The van der Waals surface area contributed by atoms with Gasteiger partial charge in [0.2, 0.25) is 0 Å². The van der Waals surface area contributed by atoms with Crippen molar-refractivity contribution in [1.29, 1.82) is 0 Å². The van der Waals surface area contributed by atoms with Crippen molar-refractivity contribution in [3.63, 3.8) is 0 Å². The molecule has 19 heavy (non-hydrogen) atoms. The maximum Gasteiger partial charge on any atom is 0.0552 e. The van der Waals surface area contributed by atoms with Crippen LogP contribution in [0.1, 0.15) is 52.1 Å². The Morgan fingerprint density at radius 1 is 1.26 bits per heavy atom. The molecule has 2 heteroatoms. The summed E-state index contributed by atoms with van der Waals surface area (Å²) < 4.78 is 0. The molecule has 1 fully saturated rings. The highest BCUT2D eigenvalue weighted by atomic mass is 15.1. The van der Waals surface area contributed by atoms with Gasteiger partial charge in [0.05, 0.1) is 11.9 Å². The summed E-state index contributed by atoms with van der Waals surface area (Å²) in [7, 11) is 2.23. The van der Waals surface area contributed by atoms with Crippen LogP contribution in [0.15, 0.2) is 18.3 Å². The van der Waals surface area contributed by atoms with E-state index in [0.29, 0.717) is 12.0 Å². The largest absolute Gasteiger partial charge is 0.370 e. The molecule has 1 heterocycles. The minimum atomic E-state index is 0.675. The summed E-state index contributed by atoms with van der Waals surface area (Å²) in [5, 5.41) is 0. The Morgan fingerprint density at radius 3 is 2.58 bits per heavy atom. The topological polar surface area (TPSA) is 16.1 Å². The third kappa shape index (κ3) is 3.71. The van der Waals surface area contributed by atoms with Gasteiger partial charge in [0.25, 0.3) is 0 Å². The highest BCUT2D eigenvalue weighted by molar-refractivity contribution is 5.45. The molecule has 0 saturated heterocycles. The number of rotatable bonds is 4. The minimum Gasteiger partial charge on any atom is -0.370 e. The van der Waals surface area contributed by atoms with Crippen LogP contribution in [0.2, 0.25) is 0 Å². The van der Waals surface area contributed by atoms with Crippen molar-refractivity contribution in [2.75, 3.05) is 11.9 Å². The number of pyridine rings is 1. The zero-order valence-corrected chi connectivity index (χ0v) is 12.9. The van der Waals surface area contributed by atoms with E-state index in [2.05, 4.69) is 56.0 Å². The Bertz CT molecular complexity index is 383. The van der Waals surface area contributed by atoms with Gasteiger partial charge in [-0.05, 0) is 43.2 Å². The second kappa shape index (κ2) is 6.40. The van der Waals surface area contributed by atoms with Crippen LogP contribution < -0.4 is 4.90 Å². The number of nitrogens with zero attached hydrogens (tertiary/aromatic N) is 2. The smallest absolute Gasteiger partial charge is 0.0552 e. The summed E-state index contributed by atoms with van der Waals surface area (Å²) in [5.74, 6) is 1.48. The number of aromatic nitrogens is 1. The first-order valence-electron chi connectivity index (χ1n) is 7.75. The lowest BCUT2D eigenvalue weighted by Crippen LogP contribution is -2.39. The summed E-state index contributed by atoms with van der Waals surface area (Å²) >= 11 is 0. The minimum absolute atomic E-state index is 0.675. The highest BCUT2D eigenvalue weighted by Gasteiger charge is 2.25. The van der Waals surface area contributed by atoms with Gasteiger partial charge >= 0.3 is 0 Å². The number of anilines is 1. The summed E-state index contributed by atoms with van der Waals surface area (Å²) in [6.45, 7) is 6.87. The van der Waals surface area contributed by atoms with Crippen LogP contribution in [0.4, 0.5) is 5.69 Å². The lowest BCUT2D eigenvalue weighted by molar-refractivity contribution is 0.321. The van der Waals surface area contributed by atoms with Crippen molar-refractivity contribution in [2.24, 2.45) is 11.8 Å². The molecule has 1 aromatic heterocycles. The van der Waals surface area contributed by atoms with Gasteiger partial charge < -0.3 is 4.90 Å². The van der Waals surface area contributed by atoms with Crippen LogP contribution >= 0.6 is 0 Å². The van der Waals surface area contributed by atoms with Gasteiger partial charge in [0.15, 0.2) is 0 Å². The molecule has 1 aliphatic carbocycles. The van der Waals surface area contributed by atoms with Gasteiger partial charge in [-0.25, -0.2) is 0 Å². The van der Waals surface area contributed by atoms with Gasteiger partial charge in [-0.1, -0.05) is 33.6 Å². The van der Waals surface area contributed by atoms with E-state index in [1.165, 1.54) is 37.1 Å². The first-order valence-corrected chi connectivity index (χ1v) is 7.75. The summed E-state index contributed by atoms with van der Waals surface area (Å²) in [4.78, 5) is 7.06. The normalized spacial score (nSPS) is 23.6. The average molecular weight is 260 g/mol. The first kappa shape index (κ1) is 14.4. The van der Waals surface area contributed by atoms with E-state index in [9.17, 15) is 0 Å². The molecular weight excluding hydrogens is 232 g/mol. The van der Waals surface area contributed by atoms with Crippen LogP contribution in [0.3, 0.4) is 0 Å². The van der Waals surface area contributed by atoms with E-state index in [4.69, 9.17) is 0 Å².